The lowest BCUT2D eigenvalue weighted by atomic mass is 10.1. The van der Waals surface area contributed by atoms with Crippen LogP contribution in [0.25, 0.3) is 0 Å². The Morgan fingerprint density at radius 1 is 1.25 bits per heavy atom. The summed E-state index contributed by atoms with van der Waals surface area (Å²) in [6, 6.07) is 5.42. The van der Waals surface area contributed by atoms with E-state index in [2.05, 4.69) is 26.0 Å². The fraction of sp³-hybridized carbons (Fsp3) is 0.333. The molecule has 8 heteroatoms. The number of imide groups is 1. The van der Waals surface area contributed by atoms with E-state index in [1.165, 1.54) is 12.1 Å². The maximum absolute atomic E-state index is 12.1. The van der Waals surface area contributed by atoms with Gasteiger partial charge >= 0.3 is 0 Å². The second-order valence-electron chi connectivity index (χ2n) is 4.40. The fourth-order valence-corrected chi connectivity index (χ4v) is 3.42. The Hall–Kier alpha value is -1.25. The number of amides is 2. The molecule has 1 aromatic rings. The highest BCUT2D eigenvalue weighted by molar-refractivity contribution is 9.08. The van der Waals surface area contributed by atoms with Crippen LogP contribution in [0.1, 0.15) is 18.4 Å². The van der Waals surface area contributed by atoms with Gasteiger partial charge in [-0.15, -0.1) is 0 Å². The van der Waals surface area contributed by atoms with E-state index in [0.29, 0.717) is 5.33 Å². The van der Waals surface area contributed by atoms with Crippen molar-refractivity contribution in [2.24, 2.45) is 0 Å². The molecular weight excluding hydrogens is 348 g/mol. The first kappa shape index (κ1) is 15.1. The van der Waals surface area contributed by atoms with Crippen LogP contribution in [0.4, 0.5) is 0 Å². The first-order chi connectivity index (χ1) is 9.42. The van der Waals surface area contributed by atoms with Crippen LogP contribution in [0, 0.1) is 0 Å². The van der Waals surface area contributed by atoms with Gasteiger partial charge in [-0.05, 0) is 24.1 Å². The molecule has 0 saturated carbocycles. The highest BCUT2D eigenvalue weighted by Crippen LogP contribution is 2.14. The number of alkyl halides is 1. The summed E-state index contributed by atoms with van der Waals surface area (Å²) in [6.07, 6.45) is 0.296. The lowest BCUT2D eigenvalue weighted by Gasteiger charge is -2.21. The molecular formula is C12H13BrN2O4S. The largest absolute Gasteiger partial charge is 0.295 e. The third kappa shape index (κ3) is 3.44. The maximum atomic E-state index is 12.1. The molecule has 2 rings (SSSR count). The molecule has 1 aliphatic heterocycles. The summed E-state index contributed by atoms with van der Waals surface area (Å²) in [5.41, 5.74) is 0.949. The van der Waals surface area contributed by atoms with Gasteiger partial charge in [-0.25, -0.2) is 8.42 Å². The van der Waals surface area contributed by atoms with Crippen molar-refractivity contribution in [3.63, 3.8) is 0 Å². The Labute approximate surface area is 125 Å². The van der Waals surface area contributed by atoms with Crippen molar-refractivity contribution in [1.82, 2.24) is 10.0 Å². The van der Waals surface area contributed by atoms with Crippen molar-refractivity contribution in [2.75, 3.05) is 0 Å². The van der Waals surface area contributed by atoms with Gasteiger partial charge in [-0.1, -0.05) is 28.1 Å². The normalized spacial score (nSPS) is 19.8. The van der Waals surface area contributed by atoms with Crippen LogP contribution >= 0.6 is 15.9 Å². The molecule has 1 aliphatic rings. The quantitative estimate of drug-likeness (QED) is 0.609. The van der Waals surface area contributed by atoms with E-state index in [1.54, 1.807) is 12.1 Å². The minimum atomic E-state index is -3.77. The number of piperidine rings is 1. The number of carbonyl (C=O) groups is 2. The molecule has 0 spiro atoms. The number of sulfonamides is 1. The third-order valence-electron chi connectivity index (χ3n) is 2.92. The van der Waals surface area contributed by atoms with Crippen LogP contribution in [0.5, 0.6) is 0 Å². The SMILES string of the molecule is O=C1CCC(NS(=O)(=O)c2ccc(CBr)cc2)C(=O)N1. The molecule has 2 amide bonds. The molecule has 1 heterocycles. The van der Waals surface area contributed by atoms with Crippen LogP contribution in [0.15, 0.2) is 29.2 Å². The van der Waals surface area contributed by atoms with E-state index in [1.807, 2.05) is 0 Å². The predicted octanol–water partition coefficient (Wildman–Crippen LogP) is 0.665. The number of hydrogen-bond acceptors (Lipinski definition) is 4. The van der Waals surface area contributed by atoms with Crippen molar-refractivity contribution < 1.29 is 18.0 Å². The molecule has 1 aromatic carbocycles. The molecule has 20 heavy (non-hydrogen) atoms. The van der Waals surface area contributed by atoms with Gasteiger partial charge in [0.1, 0.15) is 6.04 Å². The summed E-state index contributed by atoms with van der Waals surface area (Å²) in [5, 5.41) is 2.74. The average Bonchev–Trinajstić information content (AvgIpc) is 2.42. The van der Waals surface area contributed by atoms with Gasteiger partial charge in [0.05, 0.1) is 4.90 Å². The zero-order chi connectivity index (χ0) is 14.8. The Morgan fingerprint density at radius 3 is 2.45 bits per heavy atom. The first-order valence-electron chi connectivity index (χ1n) is 5.93. The number of nitrogens with one attached hydrogen (secondary N) is 2. The Kier molecular flexibility index (Phi) is 4.56. The summed E-state index contributed by atoms with van der Waals surface area (Å²) in [6.45, 7) is 0. The van der Waals surface area contributed by atoms with E-state index in [-0.39, 0.29) is 23.6 Å². The topological polar surface area (TPSA) is 92.3 Å². The van der Waals surface area contributed by atoms with Gasteiger partial charge in [-0.3, -0.25) is 14.9 Å². The van der Waals surface area contributed by atoms with E-state index < -0.39 is 22.0 Å². The third-order valence-corrected chi connectivity index (χ3v) is 5.06. The number of benzene rings is 1. The molecule has 1 atom stereocenters. The average molecular weight is 361 g/mol. The Morgan fingerprint density at radius 2 is 1.90 bits per heavy atom. The van der Waals surface area contributed by atoms with E-state index in [4.69, 9.17) is 0 Å². The van der Waals surface area contributed by atoms with E-state index in [9.17, 15) is 18.0 Å². The number of halogens is 1. The molecule has 1 unspecified atom stereocenters. The zero-order valence-corrected chi connectivity index (χ0v) is 12.8. The van der Waals surface area contributed by atoms with Crippen molar-refractivity contribution in [2.45, 2.75) is 29.1 Å². The highest BCUT2D eigenvalue weighted by atomic mass is 79.9. The van der Waals surface area contributed by atoms with Crippen molar-refractivity contribution in [3.05, 3.63) is 29.8 Å². The van der Waals surface area contributed by atoms with Gasteiger partial charge in [-0.2, -0.15) is 4.72 Å². The van der Waals surface area contributed by atoms with Crippen LogP contribution in [-0.4, -0.2) is 26.3 Å². The smallest absolute Gasteiger partial charge is 0.244 e. The second-order valence-corrected chi connectivity index (χ2v) is 6.68. The predicted molar refractivity (Wildman–Crippen MR) is 75.6 cm³/mol. The van der Waals surface area contributed by atoms with E-state index in [0.717, 1.165) is 5.56 Å². The first-order valence-corrected chi connectivity index (χ1v) is 8.54. The standard InChI is InChI=1S/C12H13BrN2O4S/c13-7-8-1-3-9(4-2-8)20(18,19)15-10-5-6-11(16)14-12(10)17/h1-4,10,15H,5-7H2,(H,14,16,17). The van der Waals surface area contributed by atoms with Gasteiger partial charge in [0, 0.05) is 11.8 Å². The molecule has 1 saturated heterocycles. The summed E-state index contributed by atoms with van der Waals surface area (Å²) in [5.74, 6) is -0.992. The molecule has 1 fully saturated rings. The Bertz CT molecular complexity index is 627. The van der Waals surface area contributed by atoms with Crippen molar-refractivity contribution >= 4 is 37.8 Å². The molecule has 0 radical (unpaired) electrons. The minimum Gasteiger partial charge on any atom is -0.295 e. The van der Waals surface area contributed by atoms with Crippen molar-refractivity contribution in [3.8, 4) is 0 Å². The number of hydrogen-bond donors (Lipinski definition) is 2. The monoisotopic (exact) mass is 360 g/mol. The fourth-order valence-electron chi connectivity index (χ4n) is 1.82. The second kappa shape index (κ2) is 6.02. The summed E-state index contributed by atoms with van der Waals surface area (Å²) in [4.78, 5) is 22.7. The van der Waals surface area contributed by atoms with Crippen LogP contribution in [0.3, 0.4) is 0 Å². The van der Waals surface area contributed by atoms with Gasteiger partial charge in [0.2, 0.25) is 21.8 Å². The molecule has 2 N–H and O–H groups in total. The maximum Gasteiger partial charge on any atom is 0.244 e. The summed E-state index contributed by atoms with van der Waals surface area (Å²) >= 11 is 3.28. The lowest BCUT2D eigenvalue weighted by Crippen LogP contribution is -2.52. The molecule has 0 aromatic heterocycles. The van der Waals surface area contributed by atoms with E-state index >= 15 is 0 Å². The van der Waals surface area contributed by atoms with Crippen LogP contribution in [-0.2, 0) is 24.9 Å². The van der Waals surface area contributed by atoms with Crippen LogP contribution in [0.2, 0.25) is 0 Å². The van der Waals surface area contributed by atoms with Crippen molar-refractivity contribution in [1.29, 1.82) is 0 Å². The summed E-state index contributed by atoms with van der Waals surface area (Å²) < 4.78 is 26.6. The minimum absolute atomic E-state index is 0.0897. The molecule has 108 valence electrons. The van der Waals surface area contributed by atoms with Crippen LogP contribution < -0.4 is 10.0 Å². The molecule has 0 aliphatic carbocycles. The Balaban J connectivity index is 2.14. The lowest BCUT2D eigenvalue weighted by molar-refractivity contribution is -0.134. The highest BCUT2D eigenvalue weighted by Gasteiger charge is 2.30. The van der Waals surface area contributed by atoms with Gasteiger partial charge in [0.15, 0.2) is 0 Å². The van der Waals surface area contributed by atoms with Gasteiger partial charge < -0.3 is 0 Å². The number of rotatable bonds is 4. The summed E-state index contributed by atoms with van der Waals surface area (Å²) in [7, 11) is -3.77. The van der Waals surface area contributed by atoms with Gasteiger partial charge in [0.25, 0.3) is 0 Å². The molecule has 0 bridgehead atoms. The number of carbonyl (C=O) groups excluding carboxylic acids is 2. The molecule has 6 nitrogen and oxygen atoms in total. The zero-order valence-electron chi connectivity index (χ0n) is 10.4.